The zero-order valence-electron chi connectivity index (χ0n) is 10.1. The molecule has 0 bridgehead atoms. The molecular weight excluding hydrogens is 234 g/mol. The van der Waals surface area contributed by atoms with Crippen LogP contribution in [0.1, 0.15) is 13.3 Å². The normalized spacial score (nSPS) is 21.2. The molecule has 5 nitrogen and oxygen atoms in total. The van der Waals surface area contributed by atoms with Crippen LogP contribution in [0.5, 0.6) is 5.75 Å². The molecule has 2 rings (SSSR count). The van der Waals surface area contributed by atoms with Crippen molar-refractivity contribution in [3.8, 4) is 5.75 Å². The number of amides is 1. The Bertz CT molecular complexity index is 455. The van der Waals surface area contributed by atoms with Crippen LogP contribution in [0.4, 0.5) is 5.69 Å². The molecule has 1 aromatic carbocycles. The smallest absolute Gasteiger partial charge is 0.307 e. The minimum Gasteiger partial charge on any atom is -0.494 e. The van der Waals surface area contributed by atoms with Crippen LogP contribution in [0.3, 0.4) is 0 Å². The lowest BCUT2D eigenvalue weighted by molar-refractivity contribution is -0.139. The summed E-state index contributed by atoms with van der Waals surface area (Å²) < 4.78 is 5.28. The van der Waals surface area contributed by atoms with E-state index >= 15 is 0 Å². The first-order chi connectivity index (χ1) is 8.61. The molecule has 1 aromatic rings. The molecule has 1 aliphatic carbocycles. The molecule has 1 aliphatic rings. The summed E-state index contributed by atoms with van der Waals surface area (Å²) in [6.45, 7) is 2.49. The Balaban J connectivity index is 1.90. The molecule has 1 amide bonds. The molecule has 0 heterocycles. The number of nitrogens with one attached hydrogen (secondary N) is 1. The van der Waals surface area contributed by atoms with Crippen LogP contribution < -0.4 is 10.1 Å². The van der Waals surface area contributed by atoms with Crippen LogP contribution in [0, 0.1) is 11.8 Å². The molecule has 18 heavy (non-hydrogen) atoms. The van der Waals surface area contributed by atoms with Gasteiger partial charge < -0.3 is 15.2 Å². The average molecular weight is 249 g/mol. The third-order valence-electron chi connectivity index (χ3n) is 2.88. The highest BCUT2D eigenvalue weighted by Gasteiger charge is 2.48. The topological polar surface area (TPSA) is 75.6 Å². The number of benzene rings is 1. The molecule has 2 atom stereocenters. The van der Waals surface area contributed by atoms with E-state index in [0.717, 1.165) is 5.75 Å². The van der Waals surface area contributed by atoms with Crippen LogP contribution in [-0.4, -0.2) is 23.6 Å². The fourth-order valence-corrected chi connectivity index (χ4v) is 1.79. The molecule has 2 N–H and O–H groups in total. The molecule has 1 fully saturated rings. The number of hydrogen-bond donors (Lipinski definition) is 2. The second kappa shape index (κ2) is 5.08. The molecule has 0 saturated heterocycles. The van der Waals surface area contributed by atoms with Gasteiger partial charge in [-0.3, -0.25) is 9.59 Å². The van der Waals surface area contributed by atoms with E-state index in [1.165, 1.54) is 0 Å². The van der Waals surface area contributed by atoms with Gasteiger partial charge in [0.1, 0.15) is 5.75 Å². The lowest BCUT2D eigenvalue weighted by Gasteiger charge is -2.06. The average Bonchev–Trinajstić information content (AvgIpc) is 3.12. The Morgan fingerprint density at radius 3 is 2.50 bits per heavy atom. The number of ether oxygens (including phenoxy) is 1. The van der Waals surface area contributed by atoms with E-state index in [1.54, 1.807) is 24.3 Å². The van der Waals surface area contributed by atoms with Gasteiger partial charge in [0, 0.05) is 5.69 Å². The molecule has 2 unspecified atom stereocenters. The first-order valence-electron chi connectivity index (χ1n) is 5.88. The van der Waals surface area contributed by atoms with Crippen LogP contribution in [-0.2, 0) is 9.59 Å². The lowest BCUT2D eigenvalue weighted by atomic mass is 10.2. The number of carbonyl (C=O) groups excluding carboxylic acids is 1. The van der Waals surface area contributed by atoms with Gasteiger partial charge in [-0.15, -0.1) is 0 Å². The van der Waals surface area contributed by atoms with Crippen molar-refractivity contribution >= 4 is 17.6 Å². The summed E-state index contributed by atoms with van der Waals surface area (Å²) in [5, 5.41) is 11.4. The molecular formula is C13H15NO4. The lowest BCUT2D eigenvalue weighted by Crippen LogP contribution is -2.16. The summed E-state index contributed by atoms with van der Waals surface area (Å²) in [4.78, 5) is 22.3. The number of aliphatic carboxylic acids is 1. The van der Waals surface area contributed by atoms with Gasteiger partial charge in [-0.25, -0.2) is 0 Å². The third kappa shape index (κ3) is 2.80. The minimum atomic E-state index is -0.901. The summed E-state index contributed by atoms with van der Waals surface area (Å²) in [5.74, 6) is -1.31. The summed E-state index contributed by atoms with van der Waals surface area (Å²) in [6.07, 6.45) is 0.429. The quantitative estimate of drug-likeness (QED) is 0.833. The van der Waals surface area contributed by atoms with E-state index < -0.39 is 17.8 Å². The van der Waals surface area contributed by atoms with Crippen molar-refractivity contribution in [2.75, 3.05) is 11.9 Å². The maximum Gasteiger partial charge on any atom is 0.307 e. The van der Waals surface area contributed by atoms with Crippen molar-refractivity contribution in [1.29, 1.82) is 0 Å². The Morgan fingerprint density at radius 1 is 1.33 bits per heavy atom. The van der Waals surface area contributed by atoms with Crippen LogP contribution >= 0.6 is 0 Å². The maximum atomic E-state index is 11.7. The van der Waals surface area contributed by atoms with Gasteiger partial charge in [0.2, 0.25) is 5.91 Å². The summed E-state index contributed by atoms with van der Waals surface area (Å²) >= 11 is 0. The van der Waals surface area contributed by atoms with Gasteiger partial charge in [0.15, 0.2) is 0 Å². The van der Waals surface area contributed by atoms with Crippen molar-refractivity contribution in [3.63, 3.8) is 0 Å². The van der Waals surface area contributed by atoms with Crippen LogP contribution in [0.25, 0.3) is 0 Å². The molecule has 0 spiro atoms. The predicted octanol–water partition coefficient (Wildman–Crippen LogP) is 1.74. The second-order valence-electron chi connectivity index (χ2n) is 4.23. The molecule has 0 aromatic heterocycles. The van der Waals surface area contributed by atoms with Crippen molar-refractivity contribution in [2.24, 2.45) is 11.8 Å². The molecule has 0 radical (unpaired) electrons. The van der Waals surface area contributed by atoms with Crippen molar-refractivity contribution in [3.05, 3.63) is 24.3 Å². The SMILES string of the molecule is CCOc1ccc(NC(=O)C2CC2C(=O)O)cc1. The van der Waals surface area contributed by atoms with E-state index in [4.69, 9.17) is 9.84 Å². The van der Waals surface area contributed by atoms with Gasteiger partial charge in [0.25, 0.3) is 0 Å². The third-order valence-corrected chi connectivity index (χ3v) is 2.88. The number of anilines is 1. The number of rotatable bonds is 5. The number of carboxylic acids is 1. The molecule has 96 valence electrons. The fourth-order valence-electron chi connectivity index (χ4n) is 1.79. The Morgan fingerprint density at radius 2 is 2.00 bits per heavy atom. The van der Waals surface area contributed by atoms with E-state index in [-0.39, 0.29) is 5.91 Å². The first kappa shape index (κ1) is 12.4. The van der Waals surface area contributed by atoms with Crippen molar-refractivity contribution < 1.29 is 19.4 Å². The minimum absolute atomic E-state index is 0.230. The van der Waals surface area contributed by atoms with Crippen LogP contribution in [0.15, 0.2) is 24.3 Å². The van der Waals surface area contributed by atoms with Crippen molar-refractivity contribution in [1.82, 2.24) is 0 Å². The van der Waals surface area contributed by atoms with E-state index in [9.17, 15) is 9.59 Å². The van der Waals surface area contributed by atoms with Gasteiger partial charge in [0.05, 0.1) is 18.4 Å². The predicted molar refractivity (Wildman–Crippen MR) is 65.5 cm³/mol. The van der Waals surface area contributed by atoms with Gasteiger partial charge in [-0.05, 0) is 37.6 Å². The van der Waals surface area contributed by atoms with Gasteiger partial charge >= 0.3 is 5.97 Å². The Labute approximate surface area is 105 Å². The monoisotopic (exact) mass is 249 g/mol. The Hall–Kier alpha value is -2.04. The van der Waals surface area contributed by atoms with E-state index in [2.05, 4.69) is 5.32 Å². The summed E-state index contributed by atoms with van der Waals surface area (Å²) in [5.41, 5.74) is 0.652. The number of hydrogen-bond acceptors (Lipinski definition) is 3. The highest BCUT2D eigenvalue weighted by Crippen LogP contribution is 2.39. The van der Waals surface area contributed by atoms with Crippen LogP contribution in [0.2, 0.25) is 0 Å². The van der Waals surface area contributed by atoms with Gasteiger partial charge in [-0.2, -0.15) is 0 Å². The fraction of sp³-hybridized carbons (Fsp3) is 0.385. The highest BCUT2D eigenvalue weighted by molar-refractivity contribution is 5.98. The molecule has 0 aliphatic heterocycles. The number of carbonyl (C=O) groups is 2. The molecule has 5 heteroatoms. The zero-order chi connectivity index (χ0) is 13.1. The largest absolute Gasteiger partial charge is 0.494 e. The number of carboxylic acid groups (broad SMARTS) is 1. The maximum absolute atomic E-state index is 11.7. The standard InChI is InChI=1S/C13H15NO4/c1-2-18-9-5-3-8(4-6-9)14-12(15)10-7-11(10)13(16)17/h3-6,10-11H,2,7H2,1H3,(H,14,15)(H,16,17). The highest BCUT2D eigenvalue weighted by atomic mass is 16.5. The van der Waals surface area contributed by atoms with Gasteiger partial charge in [-0.1, -0.05) is 0 Å². The van der Waals surface area contributed by atoms with E-state index in [1.807, 2.05) is 6.92 Å². The molecule has 1 saturated carbocycles. The second-order valence-corrected chi connectivity index (χ2v) is 4.23. The Kier molecular flexibility index (Phi) is 3.50. The summed E-state index contributed by atoms with van der Waals surface area (Å²) in [7, 11) is 0. The first-order valence-corrected chi connectivity index (χ1v) is 5.88. The summed E-state index contributed by atoms with van der Waals surface area (Å²) in [6, 6.07) is 7.00. The zero-order valence-corrected chi connectivity index (χ0v) is 10.1. The van der Waals surface area contributed by atoms with E-state index in [0.29, 0.717) is 18.7 Å². The van der Waals surface area contributed by atoms with Crippen molar-refractivity contribution in [2.45, 2.75) is 13.3 Å².